The van der Waals surface area contributed by atoms with Gasteiger partial charge in [0.2, 0.25) is 0 Å². The SMILES string of the molecule is CCC(CCO)NCC(O)COC(C)CC(C)C. The van der Waals surface area contributed by atoms with Crippen molar-refractivity contribution in [3.8, 4) is 0 Å². The van der Waals surface area contributed by atoms with Crippen molar-refractivity contribution < 1.29 is 14.9 Å². The monoisotopic (exact) mass is 261 g/mol. The van der Waals surface area contributed by atoms with Gasteiger partial charge < -0.3 is 20.3 Å². The van der Waals surface area contributed by atoms with E-state index in [1.165, 1.54) is 0 Å². The molecule has 0 heterocycles. The van der Waals surface area contributed by atoms with Crippen LogP contribution in [0.3, 0.4) is 0 Å². The highest BCUT2D eigenvalue weighted by Gasteiger charge is 2.11. The van der Waals surface area contributed by atoms with Gasteiger partial charge in [0.05, 0.1) is 18.8 Å². The fourth-order valence-electron chi connectivity index (χ4n) is 1.98. The third-order valence-corrected chi connectivity index (χ3v) is 2.99. The van der Waals surface area contributed by atoms with Crippen LogP contribution in [0.4, 0.5) is 0 Å². The van der Waals surface area contributed by atoms with E-state index in [0.717, 1.165) is 19.3 Å². The molecule has 0 aromatic rings. The van der Waals surface area contributed by atoms with Crippen LogP contribution in [0.1, 0.15) is 47.0 Å². The zero-order valence-electron chi connectivity index (χ0n) is 12.4. The summed E-state index contributed by atoms with van der Waals surface area (Å²) in [6.45, 7) is 9.52. The molecular formula is C14H31NO3. The summed E-state index contributed by atoms with van der Waals surface area (Å²) in [5.41, 5.74) is 0. The molecule has 0 saturated carbocycles. The van der Waals surface area contributed by atoms with Gasteiger partial charge in [-0.3, -0.25) is 0 Å². The summed E-state index contributed by atoms with van der Waals surface area (Å²) in [6, 6.07) is 0.276. The predicted octanol–water partition coefficient (Wildman–Crippen LogP) is 1.55. The quantitative estimate of drug-likeness (QED) is 0.528. The average Bonchev–Trinajstić information content (AvgIpc) is 2.31. The van der Waals surface area contributed by atoms with Crippen molar-refractivity contribution in [2.75, 3.05) is 19.8 Å². The van der Waals surface area contributed by atoms with Crippen LogP contribution in [0.25, 0.3) is 0 Å². The predicted molar refractivity (Wildman–Crippen MR) is 74.7 cm³/mol. The van der Waals surface area contributed by atoms with Gasteiger partial charge in [-0.15, -0.1) is 0 Å². The van der Waals surface area contributed by atoms with E-state index in [4.69, 9.17) is 9.84 Å². The van der Waals surface area contributed by atoms with E-state index in [0.29, 0.717) is 19.1 Å². The van der Waals surface area contributed by atoms with E-state index in [2.05, 4.69) is 26.1 Å². The molecule has 0 aromatic heterocycles. The average molecular weight is 261 g/mol. The number of ether oxygens (including phenoxy) is 1. The molecule has 0 bridgehead atoms. The Kier molecular flexibility index (Phi) is 10.6. The first-order valence-corrected chi connectivity index (χ1v) is 7.13. The maximum absolute atomic E-state index is 9.79. The molecule has 0 aromatic carbocycles. The summed E-state index contributed by atoms with van der Waals surface area (Å²) >= 11 is 0. The van der Waals surface area contributed by atoms with Gasteiger partial charge in [-0.1, -0.05) is 20.8 Å². The Morgan fingerprint density at radius 3 is 2.39 bits per heavy atom. The van der Waals surface area contributed by atoms with Crippen LogP contribution in [-0.2, 0) is 4.74 Å². The Labute approximate surface area is 112 Å². The van der Waals surface area contributed by atoms with Gasteiger partial charge in [-0.2, -0.15) is 0 Å². The third kappa shape index (κ3) is 9.83. The fraction of sp³-hybridized carbons (Fsp3) is 1.00. The molecule has 4 nitrogen and oxygen atoms in total. The maximum atomic E-state index is 9.79. The van der Waals surface area contributed by atoms with Gasteiger partial charge in [0.15, 0.2) is 0 Å². The second-order valence-electron chi connectivity index (χ2n) is 5.45. The topological polar surface area (TPSA) is 61.7 Å². The molecule has 0 rings (SSSR count). The second-order valence-corrected chi connectivity index (χ2v) is 5.45. The Morgan fingerprint density at radius 2 is 1.89 bits per heavy atom. The molecule has 0 spiro atoms. The molecule has 4 heteroatoms. The van der Waals surface area contributed by atoms with Crippen LogP contribution in [0.15, 0.2) is 0 Å². The number of rotatable bonds is 11. The Balaban J connectivity index is 3.66. The van der Waals surface area contributed by atoms with Crippen molar-refractivity contribution in [2.45, 2.75) is 65.2 Å². The summed E-state index contributed by atoms with van der Waals surface area (Å²) < 4.78 is 5.60. The van der Waals surface area contributed by atoms with Crippen LogP contribution < -0.4 is 5.32 Å². The highest BCUT2D eigenvalue weighted by Crippen LogP contribution is 2.07. The lowest BCUT2D eigenvalue weighted by molar-refractivity contribution is -0.00949. The zero-order chi connectivity index (χ0) is 14.0. The van der Waals surface area contributed by atoms with E-state index in [-0.39, 0.29) is 18.8 Å². The maximum Gasteiger partial charge on any atom is 0.0897 e. The van der Waals surface area contributed by atoms with E-state index in [1.54, 1.807) is 0 Å². The Bertz CT molecular complexity index is 188. The van der Waals surface area contributed by atoms with Gasteiger partial charge in [0, 0.05) is 19.2 Å². The minimum absolute atomic E-state index is 0.184. The van der Waals surface area contributed by atoms with Crippen molar-refractivity contribution in [3.63, 3.8) is 0 Å². The smallest absolute Gasteiger partial charge is 0.0897 e. The molecule has 110 valence electrons. The highest BCUT2D eigenvalue weighted by atomic mass is 16.5. The lowest BCUT2D eigenvalue weighted by Gasteiger charge is -2.21. The second kappa shape index (κ2) is 10.7. The normalized spacial score (nSPS) is 16.8. The Hall–Kier alpha value is -0.160. The Morgan fingerprint density at radius 1 is 1.22 bits per heavy atom. The van der Waals surface area contributed by atoms with Gasteiger partial charge in [-0.05, 0) is 32.1 Å². The molecule has 0 amide bonds. The minimum Gasteiger partial charge on any atom is -0.396 e. The first-order valence-electron chi connectivity index (χ1n) is 7.13. The summed E-state index contributed by atoms with van der Waals surface area (Å²) in [5.74, 6) is 0.615. The minimum atomic E-state index is -0.479. The van der Waals surface area contributed by atoms with Crippen LogP contribution in [0, 0.1) is 5.92 Å². The molecule has 0 aliphatic carbocycles. The van der Waals surface area contributed by atoms with Crippen molar-refractivity contribution in [1.82, 2.24) is 5.32 Å². The number of nitrogens with one attached hydrogen (secondary N) is 1. The molecule has 18 heavy (non-hydrogen) atoms. The number of hydrogen-bond donors (Lipinski definition) is 3. The van der Waals surface area contributed by atoms with Crippen molar-refractivity contribution in [3.05, 3.63) is 0 Å². The van der Waals surface area contributed by atoms with Crippen LogP contribution in [0.5, 0.6) is 0 Å². The highest BCUT2D eigenvalue weighted by molar-refractivity contribution is 4.68. The molecule has 3 atom stereocenters. The van der Waals surface area contributed by atoms with Crippen molar-refractivity contribution in [1.29, 1.82) is 0 Å². The molecule has 0 aliphatic rings. The molecule has 0 radical (unpaired) electrons. The van der Waals surface area contributed by atoms with E-state index in [1.807, 2.05) is 6.92 Å². The standard InChI is InChI=1S/C14H31NO3/c1-5-13(6-7-16)15-9-14(17)10-18-12(4)8-11(2)3/h11-17H,5-10H2,1-4H3. The third-order valence-electron chi connectivity index (χ3n) is 2.99. The van der Waals surface area contributed by atoms with Crippen molar-refractivity contribution in [2.24, 2.45) is 5.92 Å². The molecular weight excluding hydrogens is 230 g/mol. The van der Waals surface area contributed by atoms with Crippen LogP contribution >= 0.6 is 0 Å². The molecule has 3 unspecified atom stereocenters. The lowest BCUT2D eigenvalue weighted by Crippen LogP contribution is -2.38. The fourth-order valence-corrected chi connectivity index (χ4v) is 1.98. The number of aliphatic hydroxyl groups is 2. The van der Waals surface area contributed by atoms with E-state index >= 15 is 0 Å². The van der Waals surface area contributed by atoms with Crippen molar-refractivity contribution >= 4 is 0 Å². The number of hydrogen-bond acceptors (Lipinski definition) is 4. The van der Waals surface area contributed by atoms with Gasteiger partial charge in [-0.25, -0.2) is 0 Å². The van der Waals surface area contributed by atoms with Gasteiger partial charge in [0.1, 0.15) is 0 Å². The summed E-state index contributed by atoms with van der Waals surface area (Å²) in [6.07, 6.45) is 2.42. The van der Waals surface area contributed by atoms with Gasteiger partial charge in [0.25, 0.3) is 0 Å². The zero-order valence-corrected chi connectivity index (χ0v) is 12.4. The first-order chi connectivity index (χ1) is 8.49. The summed E-state index contributed by atoms with van der Waals surface area (Å²) in [7, 11) is 0. The summed E-state index contributed by atoms with van der Waals surface area (Å²) in [4.78, 5) is 0. The number of aliphatic hydroxyl groups excluding tert-OH is 2. The van der Waals surface area contributed by atoms with Crippen LogP contribution in [-0.4, -0.2) is 48.2 Å². The molecule has 3 N–H and O–H groups in total. The summed E-state index contributed by atoms with van der Waals surface area (Å²) in [5, 5.41) is 21.9. The molecule has 0 saturated heterocycles. The van der Waals surface area contributed by atoms with E-state index in [9.17, 15) is 5.11 Å². The lowest BCUT2D eigenvalue weighted by atomic mass is 10.1. The van der Waals surface area contributed by atoms with Gasteiger partial charge >= 0.3 is 0 Å². The molecule has 0 aliphatic heterocycles. The van der Waals surface area contributed by atoms with E-state index < -0.39 is 6.10 Å². The first kappa shape index (κ1) is 17.8. The molecule has 0 fully saturated rings. The largest absolute Gasteiger partial charge is 0.396 e. The van der Waals surface area contributed by atoms with Crippen LogP contribution in [0.2, 0.25) is 0 Å².